The molecule has 0 saturated carbocycles. The average Bonchev–Trinajstić information content (AvgIpc) is 2.73. The van der Waals surface area contributed by atoms with Crippen LogP contribution in [0.3, 0.4) is 0 Å². The van der Waals surface area contributed by atoms with Crippen LogP contribution in [0.25, 0.3) is 0 Å². The standard InChI is InChI=1S/C13H16ClN3/c1-10(11-3-5-12(14)6-4-11)16-8-13-7-15-9-17(13)2/h3-7,9-10,16H,8H2,1-2H3/t10-/m1/s1. The van der Waals surface area contributed by atoms with Crippen LogP contribution in [0.1, 0.15) is 24.2 Å². The van der Waals surface area contributed by atoms with Gasteiger partial charge in [-0.05, 0) is 24.6 Å². The summed E-state index contributed by atoms with van der Waals surface area (Å²) in [4.78, 5) is 4.09. The third kappa shape index (κ3) is 3.08. The SMILES string of the molecule is C[C@@H](NCc1cncn1C)c1ccc(Cl)cc1. The van der Waals surface area contributed by atoms with Crippen LogP contribution in [0.5, 0.6) is 0 Å². The minimum atomic E-state index is 0.294. The van der Waals surface area contributed by atoms with Gasteiger partial charge < -0.3 is 9.88 Å². The number of hydrogen-bond donors (Lipinski definition) is 1. The zero-order valence-corrected chi connectivity index (χ0v) is 10.8. The third-order valence-corrected chi connectivity index (χ3v) is 3.13. The topological polar surface area (TPSA) is 29.9 Å². The second kappa shape index (κ2) is 5.34. The van der Waals surface area contributed by atoms with Crippen LogP contribution in [-0.4, -0.2) is 9.55 Å². The van der Waals surface area contributed by atoms with Gasteiger partial charge in [-0.15, -0.1) is 0 Å². The Labute approximate surface area is 106 Å². The number of aromatic nitrogens is 2. The molecule has 0 radical (unpaired) electrons. The Hall–Kier alpha value is -1.32. The summed E-state index contributed by atoms with van der Waals surface area (Å²) in [7, 11) is 2.00. The maximum Gasteiger partial charge on any atom is 0.0945 e. The van der Waals surface area contributed by atoms with Crippen LogP contribution < -0.4 is 5.32 Å². The molecule has 17 heavy (non-hydrogen) atoms. The molecule has 0 spiro atoms. The van der Waals surface area contributed by atoms with Crippen molar-refractivity contribution < 1.29 is 0 Å². The van der Waals surface area contributed by atoms with E-state index in [2.05, 4.69) is 17.2 Å². The minimum Gasteiger partial charge on any atom is -0.337 e. The van der Waals surface area contributed by atoms with Gasteiger partial charge in [-0.2, -0.15) is 0 Å². The zero-order valence-electron chi connectivity index (χ0n) is 10.0. The van der Waals surface area contributed by atoms with Crippen molar-refractivity contribution in [1.29, 1.82) is 0 Å². The highest BCUT2D eigenvalue weighted by atomic mass is 35.5. The Morgan fingerprint density at radius 1 is 1.35 bits per heavy atom. The van der Waals surface area contributed by atoms with Crippen LogP contribution in [0.15, 0.2) is 36.8 Å². The van der Waals surface area contributed by atoms with Crippen molar-refractivity contribution in [1.82, 2.24) is 14.9 Å². The van der Waals surface area contributed by atoms with Crippen LogP contribution in [0, 0.1) is 0 Å². The highest BCUT2D eigenvalue weighted by molar-refractivity contribution is 6.30. The molecule has 1 N–H and O–H groups in total. The molecule has 1 aromatic carbocycles. The van der Waals surface area contributed by atoms with Gasteiger partial charge in [0, 0.05) is 30.9 Å². The number of rotatable bonds is 4. The fourth-order valence-corrected chi connectivity index (χ4v) is 1.81. The number of aryl methyl sites for hydroxylation is 1. The van der Waals surface area contributed by atoms with Crippen molar-refractivity contribution in [3.05, 3.63) is 53.1 Å². The molecule has 4 heteroatoms. The van der Waals surface area contributed by atoms with Crippen LogP contribution in [0.2, 0.25) is 5.02 Å². The van der Waals surface area contributed by atoms with Gasteiger partial charge in [0.2, 0.25) is 0 Å². The Balaban J connectivity index is 1.95. The first kappa shape index (κ1) is 12.1. The molecule has 1 heterocycles. The lowest BCUT2D eigenvalue weighted by molar-refractivity contribution is 0.558. The van der Waals surface area contributed by atoms with E-state index >= 15 is 0 Å². The van der Waals surface area contributed by atoms with Crippen molar-refractivity contribution in [3.8, 4) is 0 Å². The van der Waals surface area contributed by atoms with Crippen molar-refractivity contribution >= 4 is 11.6 Å². The molecule has 90 valence electrons. The number of halogens is 1. The molecule has 2 aromatic rings. The van der Waals surface area contributed by atoms with E-state index in [0.717, 1.165) is 11.6 Å². The van der Waals surface area contributed by atoms with Gasteiger partial charge in [-0.1, -0.05) is 23.7 Å². The van der Waals surface area contributed by atoms with Gasteiger partial charge in [0.25, 0.3) is 0 Å². The van der Waals surface area contributed by atoms with E-state index in [1.807, 2.05) is 48.4 Å². The largest absolute Gasteiger partial charge is 0.337 e. The zero-order chi connectivity index (χ0) is 12.3. The van der Waals surface area contributed by atoms with Crippen molar-refractivity contribution in [3.63, 3.8) is 0 Å². The lowest BCUT2D eigenvalue weighted by Gasteiger charge is -2.14. The Bertz CT molecular complexity index is 476. The summed E-state index contributed by atoms with van der Waals surface area (Å²) in [5.74, 6) is 0. The predicted octanol–water partition coefficient (Wildman–Crippen LogP) is 2.92. The first-order chi connectivity index (χ1) is 8.16. The Morgan fingerprint density at radius 3 is 2.65 bits per heavy atom. The van der Waals surface area contributed by atoms with Gasteiger partial charge in [-0.25, -0.2) is 4.98 Å². The van der Waals surface area contributed by atoms with E-state index < -0.39 is 0 Å². The molecule has 1 aromatic heterocycles. The van der Waals surface area contributed by atoms with Crippen LogP contribution >= 0.6 is 11.6 Å². The second-order valence-corrected chi connectivity index (χ2v) is 4.59. The average molecular weight is 250 g/mol. The summed E-state index contributed by atoms with van der Waals surface area (Å²) < 4.78 is 2.02. The van der Waals surface area contributed by atoms with Gasteiger partial charge in [-0.3, -0.25) is 0 Å². The molecule has 0 aliphatic rings. The fourth-order valence-electron chi connectivity index (χ4n) is 1.68. The predicted molar refractivity (Wildman–Crippen MR) is 69.9 cm³/mol. The molecule has 0 aliphatic heterocycles. The van der Waals surface area contributed by atoms with Gasteiger partial charge >= 0.3 is 0 Å². The smallest absolute Gasteiger partial charge is 0.0945 e. The normalized spacial score (nSPS) is 12.6. The quantitative estimate of drug-likeness (QED) is 0.903. The molecule has 0 saturated heterocycles. The molecular weight excluding hydrogens is 234 g/mol. The minimum absolute atomic E-state index is 0.294. The first-order valence-electron chi connectivity index (χ1n) is 5.61. The molecule has 1 atom stereocenters. The first-order valence-corrected chi connectivity index (χ1v) is 5.98. The molecule has 0 amide bonds. The summed E-state index contributed by atoms with van der Waals surface area (Å²) >= 11 is 5.86. The molecular formula is C13H16ClN3. The van der Waals surface area contributed by atoms with Gasteiger partial charge in [0.15, 0.2) is 0 Å². The molecule has 0 bridgehead atoms. The van der Waals surface area contributed by atoms with Gasteiger partial charge in [0.05, 0.1) is 12.0 Å². The number of imidazole rings is 1. The maximum atomic E-state index is 5.86. The van der Waals surface area contributed by atoms with Crippen LogP contribution in [0.4, 0.5) is 0 Å². The Morgan fingerprint density at radius 2 is 2.06 bits per heavy atom. The van der Waals surface area contributed by atoms with Crippen LogP contribution in [-0.2, 0) is 13.6 Å². The monoisotopic (exact) mass is 249 g/mol. The van der Waals surface area contributed by atoms with E-state index in [0.29, 0.717) is 6.04 Å². The highest BCUT2D eigenvalue weighted by Gasteiger charge is 2.05. The summed E-state index contributed by atoms with van der Waals surface area (Å²) in [6.45, 7) is 2.94. The molecule has 0 fully saturated rings. The number of nitrogens with zero attached hydrogens (tertiary/aromatic N) is 2. The number of benzene rings is 1. The van der Waals surface area contributed by atoms with E-state index in [1.54, 1.807) is 0 Å². The highest BCUT2D eigenvalue weighted by Crippen LogP contribution is 2.16. The lowest BCUT2D eigenvalue weighted by Crippen LogP contribution is -2.19. The Kier molecular flexibility index (Phi) is 3.82. The molecule has 2 rings (SSSR count). The molecule has 3 nitrogen and oxygen atoms in total. The van der Waals surface area contributed by atoms with Crippen molar-refractivity contribution in [2.75, 3.05) is 0 Å². The van der Waals surface area contributed by atoms with Gasteiger partial charge in [0.1, 0.15) is 0 Å². The van der Waals surface area contributed by atoms with E-state index in [-0.39, 0.29) is 0 Å². The summed E-state index contributed by atoms with van der Waals surface area (Å²) in [6, 6.07) is 8.22. The molecule has 0 aliphatic carbocycles. The van der Waals surface area contributed by atoms with E-state index in [1.165, 1.54) is 11.3 Å². The summed E-state index contributed by atoms with van der Waals surface area (Å²) in [5.41, 5.74) is 2.40. The fraction of sp³-hybridized carbons (Fsp3) is 0.308. The lowest BCUT2D eigenvalue weighted by atomic mass is 10.1. The maximum absolute atomic E-state index is 5.86. The van der Waals surface area contributed by atoms with Crippen molar-refractivity contribution in [2.45, 2.75) is 19.5 Å². The number of hydrogen-bond acceptors (Lipinski definition) is 2. The summed E-state index contributed by atoms with van der Waals surface area (Å²) in [6.07, 6.45) is 3.69. The molecule has 0 unspecified atom stereocenters. The summed E-state index contributed by atoms with van der Waals surface area (Å²) in [5, 5.41) is 4.23. The van der Waals surface area contributed by atoms with Crippen molar-refractivity contribution in [2.24, 2.45) is 7.05 Å². The third-order valence-electron chi connectivity index (χ3n) is 2.88. The number of nitrogens with one attached hydrogen (secondary N) is 1. The van der Waals surface area contributed by atoms with E-state index in [9.17, 15) is 0 Å². The second-order valence-electron chi connectivity index (χ2n) is 4.15. The van der Waals surface area contributed by atoms with E-state index in [4.69, 9.17) is 11.6 Å².